The van der Waals surface area contributed by atoms with Gasteiger partial charge in [0.15, 0.2) is 0 Å². The molecule has 5 nitrogen and oxygen atoms in total. The first kappa shape index (κ1) is 11.8. The largest absolute Gasteiger partial charge is 0.385 e. The van der Waals surface area contributed by atoms with Crippen LogP contribution in [0.3, 0.4) is 0 Å². The van der Waals surface area contributed by atoms with Crippen LogP contribution in [-0.2, 0) is 13.5 Å². The molecule has 0 saturated carbocycles. The highest BCUT2D eigenvalue weighted by Gasteiger charge is 2.12. The van der Waals surface area contributed by atoms with Crippen LogP contribution in [0.1, 0.15) is 22.5 Å². The van der Waals surface area contributed by atoms with Crippen LogP contribution in [0.5, 0.6) is 0 Å². The number of fused-ring (bicyclic) bond motifs is 1. The Kier molecular flexibility index (Phi) is 2.95. The molecule has 1 aromatic heterocycles. The first-order valence-electron chi connectivity index (χ1n) is 6.38. The highest BCUT2D eigenvalue weighted by molar-refractivity contribution is 6.03. The second-order valence-corrected chi connectivity index (χ2v) is 4.78. The Labute approximate surface area is 111 Å². The molecule has 2 heterocycles. The number of anilines is 2. The number of carbonyl (C=O) groups excluding carboxylic acids is 1. The van der Waals surface area contributed by atoms with E-state index in [1.807, 2.05) is 19.2 Å². The highest BCUT2D eigenvalue weighted by Crippen LogP contribution is 2.25. The van der Waals surface area contributed by atoms with Gasteiger partial charge in [-0.2, -0.15) is 0 Å². The van der Waals surface area contributed by atoms with Gasteiger partial charge < -0.3 is 15.2 Å². The molecule has 5 heteroatoms. The molecule has 0 radical (unpaired) electrons. The van der Waals surface area contributed by atoms with Crippen molar-refractivity contribution in [1.29, 1.82) is 0 Å². The molecule has 0 aliphatic carbocycles. The topological polar surface area (TPSA) is 59.0 Å². The minimum atomic E-state index is -0.184. The molecular formula is C14H16N4O. The van der Waals surface area contributed by atoms with Crippen molar-refractivity contribution >= 4 is 17.3 Å². The number of nitrogens with zero attached hydrogens (tertiary/aromatic N) is 2. The fourth-order valence-corrected chi connectivity index (χ4v) is 2.26. The zero-order chi connectivity index (χ0) is 13.2. The summed E-state index contributed by atoms with van der Waals surface area (Å²) in [7, 11) is 1.84. The number of carbonyl (C=O) groups is 1. The Morgan fingerprint density at radius 2 is 2.37 bits per heavy atom. The van der Waals surface area contributed by atoms with Gasteiger partial charge in [0.05, 0.1) is 6.33 Å². The minimum absolute atomic E-state index is 0.184. The van der Waals surface area contributed by atoms with E-state index in [0.29, 0.717) is 5.69 Å². The van der Waals surface area contributed by atoms with Crippen molar-refractivity contribution in [1.82, 2.24) is 9.55 Å². The lowest BCUT2D eigenvalue weighted by Crippen LogP contribution is -2.15. The van der Waals surface area contributed by atoms with Crippen molar-refractivity contribution in [2.24, 2.45) is 7.05 Å². The third kappa shape index (κ3) is 2.45. The van der Waals surface area contributed by atoms with E-state index < -0.39 is 0 Å². The van der Waals surface area contributed by atoms with Gasteiger partial charge in [-0.05, 0) is 30.5 Å². The standard InChI is InChI=1S/C14H16N4O/c1-18-8-13(16-9-18)14(19)17-11-5-4-10-3-2-6-15-12(10)7-11/h4-5,7-9,15H,2-3,6H2,1H3,(H,17,19). The van der Waals surface area contributed by atoms with Crippen LogP contribution in [0.2, 0.25) is 0 Å². The Hall–Kier alpha value is -2.30. The normalized spacial score (nSPS) is 13.5. The summed E-state index contributed by atoms with van der Waals surface area (Å²) in [6.45, 7) is 0.991. The smallest absolute Gasteiger partial charge is 0.275 e. The van der Waals surface area contributed by atoms with Crippen LogP contribution < -0.4 is 10.6 Å². The van der Waals surface area contributed by atoms with E-state index in [0.717, 1.165) is 30.8 Å². The Morgan fingerprint density at radius 1 is 1.47 bits per heavy atom. The number of imidazole rings is 1. The molecule has 1 amide bonds. The van der Waals surface area contributed by atoms with E-state index in [2.05, 4.69) is 21.7 Å². The van der Waals surface area contributed by atoms with E-state index >= 15 is 0 Å². The minimum Gasteiger partial charge on any atom is -0.385 e. The summed E-state index contributed by atoms with van der Waals surface area (Å²) < 4.78 is 1.75. The molecule has 1 aromatic carbocycles. The zero-order valence-corrected chi connectivity index (χ0v) is 10.8. The monoisotopic (exact) mass is 256 g/mol. The quantitative estimate of drug-likeness (QED) is 0.864. The number of amides is 1. The van der Waals surface area contributed by atoms with Crippen molar-refractivity contribution in [2.75, 3.05) is 17.2 Å². The fraction of sp³-hybridized carbons (Fsp3) is 0.286. The van der Waals surface area contributed by atoms with Crippen molar-refractivity contribution in [3.05, 3.63) is 42.0 Å². The predicted molar refractivity (Wildman–Crippen MR) is 74.4 cm³/mol. The van der Waals surface area contributed by atoms with Gasteiger partial charge in [-0.3, -0.25) is 4.79 Å². The molecule has 98 valence electrons. The predicted octanol–water partition coefficient (Wildman–Crippen LogP) is 2.03. The molecule has 3 rings (SSSR count). The molecule has 0 unspecified atom stereocenters. The van der Waals surface area contributed by atoms with E-state index in [1.54, 1.807) is 17.1 Å². The highest BCUT2D eigenvalue weighted by atomic mass is 16.1. The summed E-state index contributed by atoms with van der Waals surface area (Å²) in [5.41, 5.74) is 3.64. The number of benzene rings is 1. The zero-order valence-electron chi connectivity index (χ0n) is 10.8. The van der Waals surface area contributed by atoms with Crippen molar-refractivity contribution < 1.29 is 4.79 Å². The lowest BCUT2D eigenvalue weighted by Gasteiger charge is -2.18. The number of rotatable bonds is 2. The van der Waals surface area contributed by atoms with E-state index in [9.17, 15) is 4.79 Å². The molecule has 0 saturated heterocycles. The van der Waals surface area contributed by atoms with Gasteiger partial charge in [0.2, 0.25) is 0 Å². The molecule has 0 atom stereocenters. The second-order valence-electron chi connectivity index (χ2n) is 4.78. The Balaban J connectivity index is 1.78. The van der Waals surface area contributed by atoms with Crippen molar-refractivity contribution in [2.45, 2.75) is 12.8 Å². The maximum Gasteiger partial charge on any atom is 0.275 e. The van der Waals surface area contributed by atoms with Crippen LogP contribution in [0, 0.1) is 0 Å². The summed E-state index contributed by atoms with van der Waals surface area (Å²) in [4.78, 5) is 16.0. The van der Waals surface area contributed by atoms with Gasteiger partial charge in [0.1, 0.15) is 5.69 Å². The molecule has 0 bridgehead atoms. The third-order valence-corrected chi connectivity index (χ3v) is 3.24. The van der Waals surface area contributed by atoms with Gasteiger partial charge >= 0.3 is 0 Å². The molecule has 0 spiro atoms. The van der Waals surface area contributed by atoms with Gasteiger partial charge in [-0.1, -0.05) is 6.07 Å². The van der Waals surface area contributed by atoms with E-state index in [1.165, 1.54) is 5.56 Å². The molecule has 2 N–H and O–H groups in total. The van der Waals surface area contributed by atoms with Crippen LogP contribution >= 0.6 is 0 Å². The summed E-state index contributed by atoms with van der Waals surface area (Å²) in [5.74, 6) is -0.184. The molecule has 0 fully saturated rings. The first-order chi connectivity index (χ1) is 9.22. The summed E-state index contributed by atoms with van der Waals surface area (Å²) >= 11 is 0. The second kappa shape index (κ2) is 4.76. The maximum absolute atomic E-state index is 12.0. The third-order valence-electron chi connectivity index (χ3n) is 3.24. The van der Waals surface area contributed by atoms with Gasteiger partial charge in [-0.25, -0.2) is 4.98 Å². The van der Waals surface area contributed by atoms with Crippen LogP contribution in [0.4, 0.5) is 11.4 Å². The SMILES string of the molecule is Cn1cnc(C(=O)Nc2ccc3c(c2)NCCC3)c1. The Bertz CT molecular complexity index is 618. The number of aromatic nitrogens is 2. The van der Waals surface area contributed by atoms with Gasteiger partial charge in [0, 0.05) is 31.2 Å². The summed E-state index contributed by atoms with van der Waals surface area (Å²) in [5, 5.41) is 6.22. The van der Waals surface area contributed by atoms with Gasteiger partial charge in [-0.15, -0.1) is 0 Å². The van der Waals surface area contributed by atoms with Crippen LogP contribution in [0.15, 0.2) is 30.7 Å². The molecular weight excluding hydrogens is 240 g/mol. The van der Waals surface area contributed by atoms with Crippen LogP contribution in [0.25, 0.3) is 0 Å². The number of aryl methyl sites for hydroxylation is 2. The number of hydrogen-bond acceptors (Lipinski definition) is 3. The lowest BCUT2D eigenvalue weighted by atomic mass is 10.0. The van der Waals surface area contributed by atoms with E-state index in [-0.39, 0.29) is 5.91 Å². The van der Waals surface area contributed by atoms with E-state index in [4.69, 9.17) is 0 Å². The molecule has 1 aliphatic heterocycles. The molecule has 1 aliphatic rings. The van der Waals surface area contributed by atoms with Crippen molar-refractivity contribution in [3.8, 4) is 0 Å². The van der Waals surface area contributed by atoms with Gasteiger partial charge in [0.25, 0.3) is 5.91 Å². The van der Waals surface area contributed by atoms with Crippen LogP contribution in [-0.4, -0.2) is 22.0 Å². The maximum atomic E-state index is 12.0. The molecule has 19 heavy (non-hydrogen) atoms. The summed E-state index contributed by atoms with van der Waals surface area (Å²) in [6.07, 6.45) is 5.57. The molecule has 2 aromatic rings. The summed E-state index contributed by atoms with van der Waals surface area (Å²) in [6, 6.07) is 5.98. The fourth-order valence-electron chi connectivity index (χ4n) is 2.26. The van der Waals surface area contributed by atoms with Crippen molar-refractivity contribution in [3.63, 3.8) is 0 Å². The number of hydrogen-bond donors (Lipinski definition) is 2. The Morgan fingerprint density at radius 3 is 3.16 bits per heavy atom. The first-order valence-corrected chi connectivity index (χ1v) is 6.38. The lowest BCUT2D eigenvalue weighted by molar-refractivity contribution is 0.102. The average molecular weight is 256 g/mol. The number of nitrogens with one attached hydrogen (secondary N) is 2. The average Bonchev–Trinajstić information content (AvgIpc) is 2.85.